The maximum atomic E-state index is 10.7. The van der Waals surface area contributed by atoms with Crippen LogP contribution in [0.25, 0.3) is 0 Å². The van der Waals surface area contributed by atoms with Crippen LogP contribution in [0.3, 0.4) is 0 Å². The Morgan fingerprint density at radius 1 is 1.30 bits per heavy atom. The number of non-ortho nitro benzene ring substituents is 1. The molecule has 0 spiro atoms. The van der Waals surface area contributed by atoms with Crippen molar-refractivity contribution < 1.29 is 10.0 Å². The molecule has 1 aliphatic carbocycles. The molecule has 5 heteroatoms. The first-order chi connectivity index (χ1) is 11.1. The lowest BCUT2D eigenvalue weighted by molar-refractivity contribution is -0.384. The maximum Gasteiger partial charge on any atom is 0.273 e. The molecule has 0 unspecified atom stereocenters. The fourth-order valence-electron chi connectivity index (χ4n) is 3.21. The summed E-state index contributed by atoms with van der Waals surface area (Å²) in [6.45, 7) is 2.24. The van der Waals surface area contributed by atoms with Crippen LogP contribution in [0.5, 0.6) is 5.75 Å². The summed E-state index contributed by atoms with van der Waals surface area (Å²) >= 11 is 0. The van der Waals surface area contributed by atoms with Crippen molar-refractivity contribution in [2.24, 2.45) is 10.9 Å². The largest absolute Gasteiger partial charge is 0.507 e. The average Bonchev–Trinajstić information content (AvgIpc) is 2.55. The zero-order valence-electron chi connectivity index (χ0n) is 13.8. The Kier molecular flexibility index (Phi) is 6.56. The predicted octanol–water partition coefficient (Wildman–Crippen LogP) is 4.86. The first-order valence-electron chi connectivity index (χ1n) is 8.60. The lowest BCUT2D eigenvalue weighted by Gasteiger charge is -2.26. The molecule has 0 saturated heterocycles. The molecule has 0 amide bonds. The van der Waals surface area contributed by atoms with Gasteiger partial charge < -0.3 is 5.11 Å². The second-order valence-corrected chi connectivity index (χ2v) is 6.45. The molecule has 1 aromatic rings. The van der Waals surface area contributed by atoms with E-state index in [4.69, 9.17) is 0 Å². The molecule has 5 nitrogen and oxygen atoms in total. The van der Waals surface area contributed by atoms with E-state index >= 15 is 0 Å². The monoisotopic (exact) mass is 318 g/mol. The van der Waals surface area contributed by atoms with E-state index in [1.807, 2.05) is 0 Å². The molecular weight excluding hydrogens is 292 g/mol. The normalized spacial score (nSPS) is 21.6. The quantitative estimate of drug-likeness (QED) is 0.337. The van der Waals surface area contributed by atoms with E-state index in [9.17, 15) is 15.2 Å². The molecule has 1 aromatic carbocycles. The zero-order valence-corrected chi connectivity index (χ0v) is 13.8. The number of nitro groups is 1. The van der Waals surface area contributed by atoms with Gasteiger partial charge in [-0.05, 0) is 37.7 Å². The second kappa shape index (κ2) is 8.65. The van der Waals surface area contributed by atoms with E-state index in [2.05, 4.69) is 11.9 Å². The Labute approximate surface area is 137 Å². The number of nitro benzene ring substituents is 1. The molecule has 1 N–H and O–H groups in total. The Morgan fingerprint density at radius 3 is 2.65 bits per heavy atom. The number of phenolic OH excluding ortho intramolecular Hbond substituents is 1. The summed E-state index contributed by atoms with van der Waals surface area (Å²) in [4.78, 5) is 14.7. The molecule has 0 heterocycles. The molecule has 0 aliphatic heterocycles. The van der Waals surface area contributed by atoms with Crippen LogP contribution in [-0.4, -0.2) is 22.3 Å². The van der Waals surface area contributed by atoms with E-state index in [1.165, 1.54) is 50.7 Å². The number of benzene rings is 1. The number of aliphatic imine (C=N–C) groups is 1. The van der Waals surface area contributed by atoms with E-state index in [0.29, 0.717) is 11.6 Å². The lowest BCUT2D eigenvalue weighted by Crippen LogP contribution is -2.17. The van der Waals surface area contributed by atoms with Gasteiger partial charge in [0.05, 0.1) is 11.0 Å². The van der Waals surface area contributed by atoms with Crippen molar-refractivity contribution in [1.82, 2.24) is 0 Å². The third kappa shape index (κ3) is 5.34. The minimum Gasteiger partial charge on any atom is -0.507 e. The first kappa shape index (κ1) is 17.4. The number of rotatable bonds is 7. The van der Waals surface area contributed by atoms with Gasteiger partial charge in [-0.1, -0.05) is 32.6 Å². The van der Waals surface area contributed by atoms with Crippen molar-refractivity contribution in [2.75, 3.05) is 0 Å². The van der Waals surface area contributed by atoms with Gasteiger partial charge in [0, 0.05) is 23.9 Å². The average molecular weight is 318 g/mol. The van der Waals surface area contributed by atoms with Gasteiger partial charge in [0.15, 0.2) is 0 Å². The Hall–Kier alpha value is -1.91. The third-order valence-electron chi connectivity index (χ3n) is 4.68. The lowest BCUT2D eigenvalue weighted by atomic mass is 9.83. The summed E-state index contributed by atoms with van der Waals surface area (Å²) in [6, 6.07) is 4.43. The van der Waals surface area contributed by atoms with Gasteiger partial charge in [-0.3, -0.25) is 15.1 Å². The van der Waals surface area contributed by atoms with Crippen molar-refractivity contribution in [2.45, 2.75) is 64.3 Å². The number of nitrogens with zero attached hydrogens (tertiary/aromatic N) is 2. The SMILES string of the molecule is CCCCCC1CCC(N=Cc2ccc([N+](=O)[O-])cc2O)CC1. The van der Waals surface area contributed by atoms with Crippen LogP contribution >= 0.6 is 0 Å². The van der Waals surface area contributed by atoms with Crippen molar-refractivity contribution >= 4 is 11.9 Å². The van der Waals surface area contributed by atoms with E-state index in [1.54, 1.807) is 12.3 Å². The second-order valence-electron chi connectivity index (χ2n) is 6.45. The van der Waals surface area contributed by atoms with Gasteiger partial charge in [0.2, 0.25) is 0 Å². The Morgan fingerprint density at radius 2 is 2.04 bits per heavy atom. The molecule has 23 heavy (non-hydrogen) atoms. The molecule has 0 bridgehead atoms. The van der Waals surface area contributed by atoms with Crippen molar-refractivity contribution in [3.05, 3.63) is 33.9 Å². The van der Waals surface area contributed by atoms with Gasteiger partial charge in [0.1, 0.15) is 5.75 Å². The highest BCUT2D eigenvalue weighted by Gasteiger charge is 2.20. The van der Waals surface area contributed by atoms with Gasteiger partial charge in [-0.2, -0.15) is 0 Å². The highest BCUT2D eigenvalue weighted by molar-refractivity contribution is 5.84. The summed E-state index contributed by atoms with van der Waals surface area (Å²) in [6.07, 6.45) is 11.6. The molecule has 1 aliphatic rings. The number of hydrogen-bond donors (Lipinski definition) is 1. The Balaban J connectivity index is 1.84. The van der Waals surface area contributed by atoms with Crippen molar-refractivity contribution in [3.63, 3.8) is 0 Å². The molecule has 1 saturated carbocycles. The third-order valence-corrected chi connectivity index (χ3v) is 4.68. The van der Waals surface area contributed by atoms with Crippen LogP contribution in [0.1, 0.15) is 63.9 Å². The standard InChI is InChI=1S/C18H26N2O3/c1-2-3-4-5-14-6-9-16(10-7-14)19-13-15-8-11-17(20(22)23)12-18(15)21/h8,11-14,16,21H,2-7,9-10H2,1H3. The van der Waals surface area contributed by atoms with Crippen LogP contribution in [0.4, 0.5) is 5.69 Å². The molecular formula is C18H26N2O3. The van der Waals surface area contributed by atoms with Crippen molar-refractivity contribution in [3.8, 4) is 5.75 Å². The predicted molar refractivity (Wildman–Crippen MR) is 92.2 cm³/mol. The first-order valence-corrected chi connectivity index (χ1v) is 8.60. The van der Waals surface area contributed by atoms with Gasteiger partial charge in [-0.15, -0.1) is 0 Å². The fourth-order valence-corrected chi connectivity index (χ4v) is 3.21. The molecule has 126 valence electrons. The van der Waals surface area contributed by atoms with Gasteiger partial charge in [-0.25, -0.2) is 0 Å². The minimum absolute atomic E-state index is 0.0869. The molecule has 0 atom stereocenters. The van der Waals surface area contributed by atoms with Gasteiger partial charge >= 0.3 is 0 Å². The topological polar surface area (TPSA) is 75.7 Å². The summed E-state index contributed by atoms with van der Waals surface area (Å²) in [5.41, 5.74) is 0.438. The zero-order chi connectivity index (χ0) is 16.7. The number of phenols is 1. The Bertz CT molecular complexity index is 549. The number of unbranched alkanes of at least 4 members (excludes halogenated alkanes) is 2. The molecule has 0 aromatic heterocycles. The minimum atomic E-state index is -0.513. The van der Waals surface area contributed by atoms with E-state index < -0.39 is 4.92 Å². The van der Waals surface area contributed by atoms with E-state index in [-0.39, 0.29) is 11.4 Å². The smallest absolute Gasteiger partial charge is 0.273 e. The highest BCUT2D eigenvalue weighted by Crippen LogP contribution is 2.30. The summed E-state index contributed by atoms with van der Waals surface area (Å²) in [5.74, 6) is 0.761. The van der Waals surface area contributed by atoms with Crippen LogP contribution in [-0.2, 0) is 0 Å². The summed E-state index contributed by atoms with van der Waals surface area (Å²) < 4.78 is 0. The van der Waals surface area contributed by atoms with Gasteiger partial charge in [0.25, 0.3) is 5.69 Å². The van der Waals surface area contributed by atoms with E-state index in [0.717, 1.165) is 18.8 Å². The van der Waals surface area contributed by atoms with Crippen LogP contribution < -0.4 is 0 Å². The maximum absolute atomic E-state index is 10.7. The highest BCUT2D eigenvalue weighted by atomic mass is 16.6. The molecule has 0 radical (unpaired) electrons. The molecule has 1 fully saturated rings. The van der Waals surface area contributed by atoms with Crippen LogP contribution in [0, 0.1) is 16.0 Å². The van der Waals surface area contributed by atoms with Crippen molar-refractivity contribution in [1.29, 1.82) is 0 Å². The molecule has 2 rings (SSSR count). The van der Waals surface area contributed by atoms with Crippen LogP contribution in [0.2, 0.25) is 0 Å². The van der Waals surface area contributed by atoms with Crippen LogP contribution in [0.15, 0.2) is 23.2 Å². The summed E-state index contributed by atoms with van der Waals surface area (Å²) in [5, 5.41) is 20.5. The number of aromatic hydroxyl groups is 1. The number of hydrogen-bond acceptors (Lipinski definition) is 4. The summed E-state index contributed by atoms with van der Waals surface area (Å²) in [7, 11) is 0. The fraction of sp³-hybridized carbons (Fsp3) is 0.611.